The van der Waals surface area contributed by atoms with Gasteiger partial charge >= 0.3 is 0 Å². The predicted molar refractivity (Wildman–Crippen MR) is 83.3 cm³/mol. The minimum absolute atomic E-state index is 0.529. The molecular weight excluding hydrogens is 268 g/mol. The summed E-state index contributed by atoms with van der Waals surface area (Å²) in [5.41, 5.74) is 2.22. The predicted octanol–water partition coefficient (Wildman–Crippen LogP) is 1.30. The monoisotopic (exact) mass is 294 g/mol. The summed E-state index contributed by atoms with van der Waals surface area (Å²) in [6.45, 7) is 5.93. The van der Waals surface area contributed by atoms with E-state index >= 15 is 0 Å². The lowest BCUT2D eigenvalue weighted by molar-refractivity contribution is 0.181. The first-order valence-electron chi connectivity index (χ1n) is 7.44. The Morgan fingerprint density at radius 2 is 1.76 bits per heavy atom. The molecule has 1 aromatic carbocycles. The van der Waals surface area contributed by atoms with Crippen molar-refractivity contribution in [2.75, 3.05) is 54.1 Å². The molecule has 1 fully saturated rings. The topological polar surface area (TPSA) is 43.0 Å². The Balaban J connectivity index is 2.13. The van der Waals surface area contributed by atoms with E-state index < -0.39 is 0 Å². The first-order chi connectivity index (χ1) is 10.3. The van der Waals surface area contributed by atoms with E-state index in [1.807, 2.05) is 6.07 Å². The van der Waals surface area contributed by atoms with Gasteiger partial charge in [-0.25, -0.2) is 0 Å². The summed E-state index contributed by atoms with van der Waals surface area (Å²) in [6, 6.07) is 4.05. The van der Waals surface area contributed by atoms with Crippen LogP contribution in [0.3, 0.4) is 0 Å². The van der Waals surface area contributed by atoms with Gasteiger partial charge in [-0.15, -0.1) is 0 Å². The number of nitrogens with zero attached hydrogens (tertiary/aromatic N) is 1. The molecule has 1 heterocycles. The molecule has 1 aliphatic rings. The highest BCUT2D eigenvalue weighted by molar-refractivity contribution is 5.47. The van der Waals surface area contributed by atoms with E-state index in [4.69, 9.17) is 14.2 Å². The summed E-state index contributed by atoms with van der Waals surface area (Å²) >= 11 is 0. The Kier molecular flexibility index (Phi) is 6.29. The molecule has 0 aromatic heterocycles. The second-order valence-corrected chi connectivity index (χ2v) is 5.25. The largest absolute Gasteiger partial charge is 0.497 e. The standard InChI is InChI=1S/C16H26N2O3/c1-19-12-14-11-15(20-2)10-13(16(14)21-3)4-7-18-8-5-17-6-9-18/h10-11,17H,4-9,12H2,1-3H3. The van der Waals surface area contributed by atoms with Gasteiger partial charge in [-0.2, -0.15) is 0 Å². The van der Waals surface area contributed by atoms with Crippen molar-refractivity contribution in [2.45, 2.75) is 13.0 Å². The first kappa shape index (κ1) is 16.1. The minimum Gasteiger partial charge on any atom is -0.497 e. The molecule has 1 N–H and O–H groups in total. The van der Waals surface area contributed by atoms with Gasteiger partial charge in [-0.05, 0) is 24.1 Å². The third-order valence-electron chi connectivity index (χ3n) is 3.86. The molecule has 0 aliphatic carbocycles. The maximum Gasteiger partial charge on any atom is 0.127 e. The zero-order chi connectivity index (χ0) is 15.1. The fourth-order valence-corrected chi connectivity index (χ4v) is 2.76. The SMILES string of the molecule is COCc1cc(OC)cc(CCN2CCNCC2)c1OC. The Hall–Kier alpha value is -1.30. The van der Waals surface area contributed by atoms with Crippen molar-refractivity contribution in [3.63, 3.8) is 0 Å². The Bertz CT molecular complexity index is 445. The Morgan fingerprint density at radius 1 is 1.05 bits per heavy atom. The van der Waals surface area contributed by atoms with E-state index in [2.05, 4.69) is 16.3 Å². The van der Waals surface area contributed by atoms with Crippen LogP contribution < -0.4 is 14.8 Å². The second kappa shape index (κ2) is 8.22. The highest BCUT2D eigenvalue weighted by atomic mass is 16.5. The lowest BCUT2D eigenvalue weighted by Crippen LogP contribution is -2.44. The number of ether oxygens (including phenoxy) is 3. The van der Waals surface area contributed by atoms with Crippen molar-refractivity contribution in [1.29, 1.82) is 0 Å². The molecule has 1 aliphatic heterocycles. The number of hydrogen-bond acceptors (Lipinski definition) is 5. The highest BCUT2D eigenvalue weighted by Crippen LogP contribution is 2.30. The fourth-order valence-electron chi connectivity index (χ4n) is 2.76. The molecule has 0 spiro atoms. The number of methoxy groups -OCH3 is 3. The first-order valence-corrected chi connectivity index (χ1v) is 7.44. The van der Waals surface area contributed by atoms with Crippen LogP contribution in [0.15, 0.2) is 12.1 Å². The summed E-state index contributed by atoms with van der Waals surface area (Å²) in [4.78, 5) is 2.48. The molecule has 0 amide bonds. The van der Waals surface area contributed by atoms with E-state index in [1.54, 1.807) is 21.3 Å². The highest BCUT2D eigenvalue weighted by Gasteiger charge is 2.15. The van der Waals surface area contributed by atoms with Gasteiger partial charge in [0.1, 0.15) is 11.5 Å². The van der Waals surface area contributed by atoms with Crippen LogP contribution in [0.5, 0.6) is 11.5 Å². The summed E-state index contributed by atoms with van der Waals surface area (Å²) < 4.78 is 16.3. The third-order valence-corrected chi connectivity index (χ3v) is 3.86. The van der Waals surface area contributed by atoms with Gasteiger partial charge in [0.15, 0.2) is 0 Å². The van der Waals surface area contributed by atoms with Crippen LogP contribution in [0.25, 0.3) is 0 Å². The van der Waals surface area contributed by atoms with E-state index in [-0.39, 0.29) is 0 Å². The molecule has 0 radical (unpaired) electrons. The van der Waals surface area contributed by atoms with Crippen molar-refractivity contribution in [3.8, 4) is 11.5 Å². The molecule has 0 bridgehead atoms. The smallest absolute Gasteiger partial charge is 0.127 e. The van der Waals surface area contributed by atoms with Crippen LogP contribution in [-0.4, -0.2) is 59.0 Å². The molecular formula is C16H26N2O3. The summed E-state index contributed by atoms with van der Waals surface area (Å²) in [6.07, 6.45) is 0.955. The number of benzene rings is 1. The zero-order valence-corrected chi connectivity index (χ0v) is 13.3. The number of nitrogens with one attached hydrogen (secondary N) is 1. The third kappa shape index (κ3) is 4.33. The van der Waals surface area contributed by atoms with E-state index in [0.29, 0.717) is 6.61 Å². The quantitative estimate of drug-likeness (QED) is 0.821. The molecule has 0 unspecified atom stereocenters. The summed E-state index contributed by atoms with van der Waals surface area (Å²) in [5, 5.41) is 3.38. The average molecular weight is 294 g/mol. The minimum atomic E-state index is 0.529. The van der Waals surface area contributed by atoms with Crippen LogP contribution in [0, 0.1) is 0 Å². The second-order valence-electron chi connectivity index (χ2n) is 5.25. The summed E-state index contributed by atoms with van der Waals surface area (Å²) in [5.74, 6) is 1.78. The molecule has 21 heavy (non-hydrogen) atoms. The average Bonchev–Trinajstić information content (AvgIpc) is 2.53. The van der Waals surface area contributed by atoms with Gasteiger partial charge in [-0.1, -0.05) is 0 Å². The van der Waals surface area contributed by atoms with Crippen LogP contribution in [0.2, 0.25) is 0 Å². The molecule has 2 rings (SSSR count). The van der Waals surface area contributed by atoms with Gasteiger partial charge in [0.05, 0.1) is 20.8 Å². The van der Waals surface area contributed by atoms with Gasteiger partial charge in [0, 0.05) is 45.4 Å². The van der Waals surface area contributed by atoms with Crippen LogP contribution in [0.4, 0.5) is 0 Å². The number of hydrogen-bond donors (Lipinski definition) is 1. The van der Waals surface area contributed by atoms with Crippen LogP contribution in [0.1, 0.15) is 11.1 Å². The maximum absolute atomic E-state index is 5.60. The normalized spacial score (nSPS) is 16.0. The Morgan fingerprint density at radius 3 is 2.38 bits per heavy atom. The fraction of sp³-hybridized carbons (Fsp3) is 0.625. The molecule has 1 aromatic rings. The Labute approximate surface area is 127 Å². The molecule has 1 saturated heterocycles. The zero-order valence-electron chi connectivity index (χ0n) is 13.3. The van der Waals surface area contributed by atoms with Gasteiger partial charge < -0.3 is 24.4 Å². The van der Waals surface area contributed by atoms with E-state index in [0.717, 1.165) is 56.2 Å². The maximum atomic E-state index is 5.60. The van der Waals surface area contributed by atoms with Gasteiger partial charge in [0.25, 0.3) is 0 Å². The van der Waals surface area contributed by atoms with Crippen molar-refractivity contribution < 1.29 is 14.2 Å². The molecule has 5 heteroatoms. The lowest BCUT2D eigenvalue weighted by atomic mass is 10.0. The molecule has 118 valence electrons. The molecule has 5 nitrogen and oxygen atoms in total. The van der Waals surface area contributed by atoms with Crippen molar-refractivity contribution in [1.82, 2.24) is 10.2 Å². The van der Waals surface area contributed by atoms with E-state index in [1.165, 1.54) is 5.56 Å². The van der Waals surface area contributed by atoms with Gasteiger partial charge in [-0.3, -0.25) is 0 Å². The van der Waals surface area contributed by atoms with Gasteiger partial charge in [0.2, 0.25) is 0 Å². The van der Waals surface area contributed by atoms with E-state index in [9.17, 15) is 0 Å². The molecule has 0 saturated carbocycles. The van der Waals surface area contributed by atoms with Crippen LogP contribution in [-0.2, 0) is 17.8 Å². The lowest BCUT2D eigenvalue weighted by Gasteiger charge is -2.27. The van der Waals surface area contributed by atoms with Crippen LogP contribution >= 0.6 is 0 Å². The van der Waals surface area contributed by atoms with Crippen molar-refractivity contribution in [3.05, 3.63) is 23.3 Å². The number of piperazine rings is 1. The molecule has 0 atom stereocenters. The summed E-state index contributed by atoms with van der Waals surface area (Å²) in [7, 11) is 5.10. The van der Waals surface area contributed by atoms with Crippen molar-refractivity contribution in [2.24, 2.45) is 0 Å². The number of rotatable bonds is 7. The van der Waals surface area contributed by atoms with Crippen molar-refractivity contribution >= 4 is 0 Å².